The van der Waals surface area contributed by atoms with Crippen LogP contribution in [0, 0.1) is 0 Å². The molecule has 2 aromatic rings. The number of thiophene rings is 1. The molecule has 1 heterocycles. The first kappa shape index (κ1) is 14.3. The summed E-state index contributed by atoms with van der Waals surface area (Å²) in [5, 5.41) is 0. The number of hydrogen-bond acceptors (Lipinski definition) is 3. The fourth-order valence-electron chi connectivity index (χ4n) is 1.96. The number of carbonyl (C=O) groups is 1. The first-order valence-corrected chi connectivity index (χ1v) is 7.27. The van der Waals surface area contributed by atoms with Gasteiger partial charge in [-0.25, -0.2) is 0 Å². The molecule has 0 bridgehead atoms. The number of likely N-dealkylation sites (N-methyl/N-ethyl adjacent to an activating group) is 1. The van der Waals surface area contributed by atoms with Crippen molar-refractivity contribution in [1.82, 2.24) is 4.90 Å². The van der Waals surface area contributed by atoms with Crippen molar-refractivity contribution < 1.29 is 4.79 Å². The van der Waals surface area contributed by atoms with E-state index in [-0.39, 0.29) is 11.8 Å². The molecule has 0 aliphatic heterocycles. The van der Waals surface area contributed by atoms with Crippen molar-refractivity contribution in [3.8, 4) is 0 Å². The van der Waals surface area contributed by atoms with Crippen LogP contribution in [0.25, 0.3) is 0 Å². The Kier molecular flexibility index (Phi) is 4.75. The zero-order valence-corrected chi connectivity index (χ0v) is 12.5. The van der Waals surface area contributed by atoms with Crippen LogP contribution in [0.2, 0.25) is 4.34 Å². The fourth-order valence-corrected chi connectivity index (χ4v) is 2.99. The molecule has 19 heavy (non-hydrogen) atoms. The van der Waals surface area contributed by atoms with E-state index in [4.69, 9.17) is 11.6 Å². The molecule has 0 unspecified atom stereocenters. The Hall–Kier alpha value is -1.16. The van der Waals surface area contributed by atoms with Gasteiger partial charge in [-0.3, -0.25) is 9.69 Å². The third-order valence-electron chi connectivity index (χ3n) is 3.01. The zero-order valence-electron chi connectivity index (χ0n) is 11.0. The Balaban J connectivity index is 2.19. The van der Waals surface area contributed by atoms with Crippen molar-refractivity contribution in [3.05, 3.63) is 57.2 Å². The molecule has 2 rings (SSSR count). The summed E-state index contributed by atoms with van der Waals surface area (Å²) in [6.45, 7) is 0. The van der Waals surface area contributed by atoms with Crippen LogP contribution in [0.4, 0.5) is 0 Å². The second-order valence-electron chi connectivity index (χ2n) is 4.64. The molecule has 0 amide bonds. The smallest absolute Gasteiger partial charge is 0.190 e. The molecule has 0 aliphatic rings. The molecule has 0 spiro atoms. The summed E-state index contributed by atoms with van der Waals surface area (Å²) in [6, 6.07) is 13.5. The SMILES string of the molecule is CN(C)[C@H](Cc1ccccc1)C(=O)c1ccc(Cl)s1. The predicted octanol–water partition coefficient (Wildman–Crippen LogP) is 3.76. The molecular formula is C15H16ClNOS. The zero-order chi connectivity index (χ0) is 13.8. The highest BCUT2D eigenvalue weighted by Crippen LogP contribution is 2.24. The highest BCUT2D eigenvalue weighted by molar-refractivity contribution is 7.18. The predicted molar refractivity (Wildman–Crippen MR) is 81.3 cm³/mol. The topological polar surface area (TPSA) is 20.3 Å². The fraction of sp³-hybridized carbons (Fsp3) is 0.267. The van der Waals surface area contributed by atoms with Crippen molar-refractivity contribution in [3.63, 3.8) is 0 Å². The molecule has 0 saturated heterocycles. The highest BCUT2D eigenvalue weighted by Gasteiger charge is 2.23. The summed E-state index contributed by atoms with van der Waals surface area (Å²) >= 11 is 7.24. The molecule has 4 heteroatoms. The van der Waals surface area contributed by atoms with Crippen LogP contribution in [0.15, 0.2) is 42.5 Å². The number of benzene rings is 1. The highest BCUT2D eigenvalue weighted by atomic mass is 35.5. The Morgan fingerprint density at radius 3 is 2.42 bits per heavy atom. The summed E-state index contributed by atoms with van der Waals surface area (Å²) in [4.78, 5) is 15.2. The van der Waals surface area contributed by atoms with Crippen LogP contribution in [-0.2, 0) is 6.42 Å². The van der Waals surface area contributed by atoms with Gasteiger partial charge < -0.3 is 0 Å². The molecule has 0 aliphatic carbocycles. The summed E-state index contributed by atoms with van der Waals surface area (Å²) < 4.78 is 0.653. The second kappa shape index (κ2) is 6.33. The molecule has 100 valence electrons. The molecule has 1 atom stereocenters. The van der Waals surface area contributed by atoms with Gasteiger partial charge >= 0.3 is 0 Å². The maximum absolute atomic E-state index is 12.5. The van der Waals surface area contributed by atoms with Crippen molar-refractivity contribution in [1.29, 1.82) is 0 Å². The lowest BCUT2D eigenvalue weighted by Crippen LogP contribution is -2.37. The maximum Gasteiger partial charge on any atom is 0.190 e. The number of Topliss-reactive ketones (excluding diaryl/α,β-unsaturated/α-hetero) is 1. The molecule has 0 radical (unpaired) electrons. The van der Waals surface area contributed by atoms with E-state index >= 15 is 0 Å². The first-order valence-electron chi connectivity index (χ1n) is 6.08. The van der Waals surface area contributed by atoms with Crippen molar-refractivity contribution >= 4 is 28.7 Å². The van der Waals surface area contributed by atoms with E-state index in [2.05, 4.69) is 0 Å². The van der Waals surface area contributed by atoms with Gasteiger partial charge in [-0.15, -0.1) is 11.3 Å². The summed E-state index contributed by atoms with van der Waals surface area (Å²) in [6.07, 6.45) is 0.711. The summed E-state index contributed by atoms with van der Waals surface area (Å²) in [5.41, 5.74) is 1.16. The first-order chi connectivity index (χ1) is 9.08. The second-order valence-corrected chi connectivity index (χ2v) is 6.35. The lowest BCUT2D eigenvalue weighted by molar-refractivity contribution is 0.0879. The van der Waals surface area contributed by atoms with E-state index in [1.165, 1.54) is 11.3 Å². The minimum Gasteiger partial charge on any atom is -0.299 e. The molecule has 1 aromatic carbocycles. The quantitative estimate of drug-likeness (QED) is 0.783. The van der Waals surface area contributed by atoms with Crippen LogP contribution in [-0.4, -0.2) is 30.8 Å². The number of rotatable bonds is 5. The van der Waals surface area contributed by atoms with Gasteiger partial charge in [0.2, 0.25) is 0 Å². The Morgan fingerprint density at radius 1 is 1.21 bits per heavy atom. The molecular weight excluding hydrogens is 278 g/mol. The average Bonchev–Trinajstić information content (AvgIpc) is 2.83. The van der Waals surface area contributed by atoms with E-state index in [0.29, 0.717) is 10.8 Å². The van der Waals surface area contributed by atoms with Crippen molar-refractivity contribution in [2.45, 2.75) is 12.5 Å². The van der Waals surface area contributed by atoms with Crippen LogP contribution in [0.5, 0.6) is 0 Å². The minimum absolute atomic E-state index is 0.130. The number of carbonyl (C=O) groups excluding carboxylic acids is 1. The average molecular weight is 294 g/mol. The summed E-state index contributed by atoms with van der Waals surface area (Å²) in [7, 11) is 3.86. The Labute approximate surface area is 122 Å². The molecule has 0 fully saturated rings. The number of halogens is 1. The van der Waals surface area contributed by atoms with Gasteiger partial charge in [-0.1, -0.05) is 41.9 Å². The molecule has 2 nitrogen and oxygen atoms in total. The van der Waals surface area contributed by atoms with Gasteiger partial charge in [0, 0.05) is 0 Å². The van der Waals surface area contributed by atoms with E-state index < -0.39 is 0 Å². The van der Waals surface area contributed by atoms with Gasteiger partial charge in [0.1, 0.15) is 0 Å². The third-order valence-corrected chi connectivity index (χ3v) is 4.26. The van der Waals surface area contributed by atoms with Crippen molar-refractivity contribution in [2.75, 3.05) is 14.1 Å². The van der Waals surface area contributed by atoms with E-state index in [0.717, 1.165) is 10.4 Å². The van der Waals surface area contributed by atoms with E-state index in [1.807, 2.05) is 49.3 Å². The largest absolute Gasteiger partial charge is 0.299 e. The third kappa shape index (κ3) is 3.66. The number of hydrogen-bond donors (Lipinski definition) is 0. The van der Waals surface area contributed by atoms with Crippen LogP contribution < -0.4 is 0 Å². The Morgan fingerprint density at radius 2 is 1.89 bits per heavy atom. The Bertz CT molecular complexity index is 550. The molecule has 0 N–H and O–H groups in total. The van der Waals surface area contributed by atoms with Gasteiger partial charge in [-0.05, 0) is 38.2 Å². The normalized spacial score (nSPS) is 12.6. The lowest BCUT2D eigenvalue weighted by atomic mass is 10.0. The van der Waals surface area contributed by atoms with Crippen LogP contribution in [0.3, 0.4) is 0 Å². The van der Waals surface area contributed by atoms with Crippen molar-refractivity contribution in [2.24, 2.45) is 0 Å². The van der Waals surface area contributed by atoms with Crippen LogP contribution in [0.1, 0.15) is 15.2 Å². The van der Waals surface area contributed by atoms with Gasteiger partial charge in [0.05, 0.1) is 15.3 Å². The van der Waals surface area contributed by atoms with Gasteiger partial charge in [-0.2, -0.15) is 0 Å². The monoisotopic (exact) mass is 293 g/mol. The summed E-state index contributed by atoms with van der Waals surface area (Å²) in [5.74, 6) is 0.130. The van der Waals surface area contributed by atoms with E-state index in [1.54, 1.807) is 12.1 Å². The molecule has 0 saturated carbocycles. The molecule has 1 aromatic heterocycles. The minimum atomic E-state index is -0.155. The standard InChI is InChI=1S/C15H16ClNOS/c1-17(2)12(10-11-6-4-3-5-7-11)15(18)13-8-9-14(16)19-13/h3-9,12H,10H2,1-2H3/t12-/m1/s1. The van der Waals surface area contributed by atoms with Gasteiger partial charge in [0.15, 0.2) is 5.78 Å². The number of nitrogens with zero attached hydrogens (tertiary/aromatic N) is 1. The van der Waals surface area contributed by atoms with Crippen LogP contribution >= 0.6 is 22.9 Å². The van der Waals surface area contributed by atoms with E-state index in [9.17, 15) is 4.79 Å². The lowest BCUT2D eigenvalue weighted by Gasteiger charge is -2.22. The maximum atomic E-state index is 12.5. The van der Waals surface area contributed by atoms with Gasteiger partial charge in [0.25, 0.3) is 0 Å². The number of ketones is 1.